The second kappa shape index (κ2) is 13.0. The number of ether oxygens (including phenoxy) is 3. The average molecular weight is 391 g/mol. The van der Waals surface area contributed by atoms with Gasteiger partial charge in [-0.15, -0.1) is 0 Å². The Hall–Kier alpha value is -2.30. The van der Waals surface area contributed by atoms with Crippen molar-refractivity contribution in [3.05, 3.63) is 23.3 Å². The topological polar surface area (TPSA) is 61.8 Å². The van der Waals surface area contributed by atoms with E-state index in [1.165, 1.54) is 6.92 Å². The molecule has 5 nitrogen and oxygen atoms in total. The van der Waals surface area contributed by atoms with E-state index < -0.39 is 0 Å². The van der Waals surface area contributed by atoms with E-state index in [4.69, 9.17) is 14.2 Å². The molecule has 0 bridgehead atoms. The average Bonchev–Trinajstić information content (AvgIpc) is 2.67. The largest absolute Gasteiger partial charge is 0.490 e. The van der Waals surface area contributed by atoms with Crippen molar-refractivity contribution in [2.24, 2.45) is 0 Å². The van der Waals surface area contributed by atoms with Gasteiger partial charge >= 0.3 is 0 Å². The molecule has 0 N–H and O–H groups in total. The van der Waals surface area contributed by atoms with Gasteiger partial charge in [0.15, 0.2) is 23.1 Å². The lowest BCUT2D eigenvalue weighted by atomic mass is 10.0. The molecule has 0 heterocycles. The van der Waals surface area contributed by atoms with Gasteiger partial charge in [-0.05, 0) is 56.4 Å². The Labute approximate surface area is 169 Å². The first kappa shape index (κ1) is 23.7. The summed E-state index contributed by atoms with van der Waals surface area (Å²) in [6.07, 6.45) is 5.24. The van der Waals surface area contributed by atoms with E-state index in [0.717, 1.165) is 19.3 Å². The fraction of sp³-hybridized carbons (Fsp3) is 0.565. The zero-order valence-electron chi connectivity index (χ0n) is 17.9. The molecule has 0 saturated carbocycles. The molecule has 0 fully saturated rings. The molecular formula is C23H34O5. The minimum absolute atomic E-state index is 0.145. The summed E-state index contributed by atoms with van der Waals surface area (Å²) in [5.74, 6) is 1.33. The third kappa shape index (κ3) is 7.37. The zero-order valence-corrected chi connectivity index (χ0v) is 17.9. The molecule has 0 aromatic heterocycles. The van der Waals surface area contributed by atoms with Crippen LogP contribution in [0.4, 0.5) is 0 Å². The molecule has 0 atom stereocenters. The SMILES string of the molecule is CCCOc1cc(C=C(C(C)=O)C(=O)CCC)cc(OCCC)c1OCCC. The van der Waals surface area contributed by atoms with Crippen LogP contribution in [0.25, 0.3) is 6.08 Å². The lowest BCUT2D eigenvalue weighted by molar-refractivity contribution is -0.120. The van der Waals surface area contributed by atoms with Gasteiger partial charge in [-0.25, -0.2) is 0 Å². The molecule has 1 aromatic rings. The van der Waals surface area contributed by atoms with Crippen LogP contribution in [-0.2, 0) is 9.59 Å². The molecule has 0 radical (unpaired) electrons. The van der Waals surface area contributed by atoms with E-state index in [1.54, 1.807) is 6.08 Å². The van der Waals surface area contributed by atoms with E-state index in [0.29, 0.717) is 55.5 Å². The standard InChI is InChI=1S/C23H34O5/c1-6-10-20(25)19(17(5)24)14-18-15-21(26-11-7-2)23(28-13-9-4)22(16-18)27-12-8-3/h14-16H,6-13H2,1-5H3. The summed E-state index contributed by atoms with van der Waals surface area (Å²) in [4.78, 5) is 24.3. The van der Waals surface area contributed by atoms with Crippen molar-refractivity contribution >= 4 is 17.6 Å². The van der Waals surface area contributed by atoms with Crippen LogP contribution in [0, 0.1) is 0 Å². The summed E-state index contributed by atoms with van der Waals surface area (Å²) in [6.45, 7) is 11.1. The van der Waals surface area contributed by atoms with Crippen molar-refractivity contribution < 1.29 is 23.8 Å². The van der Waals surface area contributed by atoms with Crippen molar-refractivity contribution in [2.75, 3.05) is 19.8 Å². The normalized spacial score (nSPS) is 11.2. The van der Waals surface area contributed by atoms with Gasteiger partial charge in [-0.2, -0.15) is 0 Å². The molecule has 0 aliphatic rings. The molecular weight excluding hydrogens is 356 g/mol. The van der Waals surface area contributed by atoms with Gasteiger partial charge in [-0.1, -0.05) is 27.7 Å². The fourth-order valence-electron chi connectivity index (χ4n) is 2.57. The first-order valence-corrected chi connectivity index (χ1v) is 10.3. The van der Waals surface area contributed by atoms with Gasteiger partial charge in [0, 0.05) is 6.42 Å². The van der Waals surface area contributed by atoms with Crippen LogP contribution in [0.5, 0.6) is 17.2 Å². The molecule has 0 aliphatic carbocycles. The Bertz CT molecular complexity index is 647. The molecule has 0 saturated heterocycles. The Balaban J connectivity index is 3.45. The summed E-state index contributed by atoms with van der Waals surface area (Å²) in [5.41, 5.74) is 0.891. The van der Waals surface area contributed by atoms with Crippen molar-refractivity contribution in [1.29, 1.82) is 0 Å². The summed E-state index contributed by atoms with van der Waals surface area (Å²) in [6, 6.07) is 3.61. The molecule has 156 valence electrons. The number of ketones is 2. The first-order valence-electron chi connectivity index (χ1n) is 10.3. The van der Waals surface area contributed by atoms with Crippen molar-refractivity contribution in [3.8, 4) is 17.2 Å². The maximum atomic E-state index is 12.3. The lowest BCUT2D eigenvalue weighted by Crippen LogP contribution is -2.10. The smallest absolute Gasteiger partial charge is 0.203 e. The molecule has 0 spiro atoms. The highest BCUT2D eigenvalue weighted by molar-refractivity contribution is 6.22. The maximum absolute atomic E-state index is 12.3. The lowest BCUT2D eigenvalue weighted by Gasteiger charge is -2.18. The Morgan fingerprint density at radius 2 is 1.32 bits per heavy atom. The van der Waals surface area contributed by atoms with E-state index in [9.17, 15) is 9.59 Å². The van der Waals surface area contributed by atoms with Gasteiger partial charge in [0.2, 0.25) is 5.75 Å². The van der Waals surface area contributed by atoms with Gasteiger partial charge in [0.1, 0.15) is 0 Å². The van der Waals surface area contributed by atoms with Gasteiger partial charge in [-0.3, -0.25) is 9.59 Å². The van der Waals surface area contributed by atoms with Gasteiger partial charge in [0.25, 0.3) is 0 Å². The minimum atomic E-state index is -0.239. The van der Waals surface area contributed by atoms with E-state index in [-0.39, 0.29) is 17.1 Å². The molecule has 0 unspecified atom stereocenters. The number of Topliss-reactive ketones (excluding diaryl/α,β-unsaturated/α-hetero) is 2. The van der Waals surface area contributed by atoms with Gasteiger partial charge < -0.3 is 14.2 Å². The third-order valence-electron chi connectivity index (χ3n) is 3.88. The number of allylic oxidation sites excluding steroid dienone is 1. The molecule has 1 aromatic carbocycles. The Morgan fingerprint density at radius 1 is 0.821 bits per heavy atom. The summed E-state index contributed by atoms with van der Waals surface area (Å²) < 4.78 is 17.7. The number of carbonyl (C=O) groups excluding carboxylic acids is 2. The molecule has 5 heteroatoms. The third-order valence-corrected chi connectivity index (χ3v) is 3.88. The van der Waals surface area contributed by atoms with Crippen LogP contribution in [0.3, 0.4) is 0 Å². The highest BCUT2D eigenvalue weighted by Crippen LogP contribution is 2.40. The predicted molar refractivity (Wildman–Crippen MR) is 112 cm³/mol. The summed E-state index contributed by atoms with van der Waals surface area (Å²) >= 11 is 0. The van der Waals surface area contributed by atoms with Crippen LogP contribution in [-0.4, -0.2) is 31.4 Å². The van der Waals surface area contributed by atoms with Crippen LogP contribution >= 0.6 is 0 Å². The summed E-state index contributed by atoms with van der Waals surface area (Å²) in [5, 5.41) is 0. The van der Waals surface area contributed by atoms with E-state index >= 15 is 0 Å². The van der Waals surface area contributed by atoms with Gasteiger partial charge in [0.05, 0.1) is 25.4 Å². The molecule has 0 aliphatic heterocycles. The predicted octanol–water partition coefficient (Wildman–Crippen LogP) is 5.39. The van der Waals surface area contributed by atoms with E-state index in [1.807, 2.05) is 39.8 Å². The number of benzene rings is 1. The van der Waals surface area contributed by atoms with Crippen LogP contribution < -0.4 is 14.2 Å². The highest BCUT2D eigenvalue weighted by Gasteiger charge is 2.18. The van der Waals surface area contributed by atoms with Crippen LogP contribution in [0.15, 0.2) is 17.7 Å². The minimum Gasteiger partial charge on any atom is -0.490 e. The Kier molecular flexibility index (Phi) is 11.0. The number of carbonyl (C=O) groups is 2. The summed E-state index contributed by atoms with van der Waals surface area (Å²) in [7, 11) is 0. The number of rotatable bonds is 14. The number of hydrogen-bond donors (Lipinski definition) is 0. The molecule has 0 amide bonds. The van der Waals surface area contributed by atoms with Crippen molar-refractivity contribution in [1.82, 2.24) is 0 Å². The second-order valence-electron chi connectivity index (χ2n) is 6.68. The zero-order chi connectivity index (χ0) is 20.9. The Morgan fingerprint density at radius 3 is 1.75 bits per heavy atom. The van der Waals surface area contributed by atoms with E-state index in [2.05, 4.69) is 0 Å². The highest BCUT2D eigenvalue weighted by atomic mass is 16.5. The molecule has 28 heavy (non-hydrogen) atoms. The van der Waals surface area contributed by atoms with Crippen molar-refractivity contribution in [3.63, 3.8) is 0 Å². The maximum Gasteiger partial charge on any atom is 0.203 e. The second-order valence-corrected chi connectivity index (χ2v) is 6.68. The number of hydrogen-bond acceptors (Lipinski definition) is 5. The molecule has 1 rings (SSSR count). The quantitative estimate of drug-likeness (QED) is 0.242. The van der Waals surface area contributed by atoms with Crippen LogP contribution in [0.2, 0.25) is 0 Å². The fourth-order valence-corrected chi connectivity index (χ4v) is 2.57. The van der Waals surface area contributed by atoms with Crippen LogP contribution in [0.1, 0.15) is 72.3 Å². The monoisotopic (exact) mass is 390 g/mol. The van der Waals surface area contributed by atoms with Crippen molar-refractivity contribution in [2.45, 2.75) is 66.7 Å². The first-order chi connectivity index (χ1) is 13.5.